The number of aryl methyl sites for hydroxylation is 1. The lowest BCUT2D eigenvalue weighted by atomic mass is 9.98. The van der Waals surface area contributed by atoms with Gasteiger partial charge in [-0.15, -0.1) is 0 Å². The van der Waals surface area contributed by atoms with Crippen LogP contribution in [0.3, 0.4) is 0 Å². The smallest absolute Gasteiger partial charge is 0.228 e. The molecule has 3 rings (SSSR count). The van der Waals surface area contributed by atoms with Crippen molar-refractivity contribution >= 4 is 44.8 Å². The summed E-state index contributed by atoms with van der Waals surface area (Å²) in [6.07, 6.45) is 2.54. The largest absolute Gasteiger partial charge is 0.323 e. The first kappa shape index (κ1) is 22.1. The molecule has 2 aromatic rings. The lowest BCUT2D eigenvalue weighted by Gasteiger charge is -2.31. The Morgan fingerprint density at radius 2 is 1.76 bits per heavy atom. The molecule has 0 spiro atoms. The van der Waals surface area contributed by atoms with Crippen LogP contribution < -0.4 is 5.32 Å². The SMILES string of the molecule is O=C(Nc1c(Cl)cccc1Cl)C1CCCN(S(=O)(=O)CCCc2ccccc2)C1. The Labute approximate surface area is 182 Å². The van der Waals surface area contributed by atoms with Crippen molar-refractivity contribution in [1.29, 1.82) is 0 Å². The molecule has 1 heterocycles. The first-order chi connectivity index (χ1) is 13.9. The molecule has 2 aromatic carbocycles. The van der Waals surface area contributed by atoms with Gasteiger partial charge in [-0.2, -0.15) is 0 Å². The summed E-state index contributed by atoms with van der Waals surface area (Å²) < 4.78 is 27.0. The Morgan fingerprint density at radius 3 is 2.45 bits per heavy atom. The van der Waals surface area contributed by atoms with Crippen molar-refractivity contribution in [3.8, 4) is 0 Å². The number of nitrogens with one attached hydrogen (secondary N) is 1. The Kier molecular flexibility index (Phi) is 7.57. The van der Waals surface area contributed by atoms with Gasteiger partial charge in [0.15, 0.2) is 0 Å². The standard InChI is InChI=1S/C21H24Cl2N2O3S/c22-18-11-4-12-19(23)20(18)24-21(26)17-10-5-13-25(15-17)29(27,28)14-6-9-16-7-2-1-3-8-16/h1-4,7-8,11-12,17H,5-6,9-10,13-15H2,(H,24,26). The molecule has 1 atom stereocenters. The number of benzene rings is 2. The zero-order valence-corrected chi connectivity index (χ0v) is 18.3. The van der Waals surface area contributed by atoms with Gasteiger partial charge in [0.1, 0.15) is 0 Å². The molecule has 29 heavy (non-hydrogen) atoms. The van der Waals surface area contributed by atoms with E-state index in [0.717, 1.165) is 5.56 Å². The van der Waals surface area contributed by atoms with E-state index in [1.54, 1.807) is 18.2 Å². The molecule has 156 valence electrons. The van der Waals surface area contributed by atoms with Gasteiger partial charge in [0.25, 0.3) is 0 Å². The van der Waals surface area contributed by atoms with Gasteiger partial charge in [-0.1, -0.05) is 59.6 Å². The van der Waals surface area contributed by atoms with Crippen LogP contribution in [0.25, 0.3) is 0 Å². The van der Waals surface area contributed by atoms with Gasteiger partial charge in [-0.3, -0.25) is 4.79 Å². The minimum Gasteiger partial charge on any atom is -0.323 e. The molecule has 1 unspecified atom stereocenters. The second kappa shape index (κ2) is 9.94. The van der Waals surface area contributed by atoms with Crippen LogP contribution in [-0.2, 0) is 21.2 Å². The van der Waals surface area contributed by atoms with E-state index in [4.69, 9.17) is 23.2 Å². The highest BCUT2D eigenvalue weighted by Gasteiger charge is 2.32. The van der Waals surface area contributed by atoms with E-state index >= 15 is 0 Å². The molecule has 5 nitrogen and oxygen atoms in total. The molecule has 1 N–H and O–H groups in total. The predicted octanol–water partition coefficient (Wildman–Crippen LogP) is 4.61. The molecule has 1 saturated heterocycles. The third-order valence-electron chi connectivity index (χ3n) is 5.07. The molecule has 1 aliphatic rings. The number of piperidine rings is 1. The Bertz CT molecular complexity index is 931. The third-order valence-corrected chi connectivity index (χ3v) is 7.62. The molecule has 1 aliphatic heterocycles. The summed E-state index contributed by atoms with van der Waals surface area (Å²) in [5, 5.41) is 3.47. The van der Waals surface area contributed by atoms with Crippen LogP contribution in [0, 0.1) is 5.92 Å². The number of nitrogens with zero attached hydrogens (tertiary/aromatic N) is 1. The second-order valence-corrected chi connectivity index (χ2v) is 10.1. The van der Waals surface area contributed by atoms with Crippen molar-refractivity contribution in [1.82, 2.24) is 4.31 Å². The van der Waals surface area contributed by atoms with Crippen LogP contribution in [0.1, 0.15) is 24.8 Å². The van der Waals surface area contributed by atoms with E-state index in [1.165, 1.54) is 4.31 Å². The van der Waals surface area contributed by atoms with E-state index < -0.39 is 15.9 Å². The van der Waals surface area contributed by atoms with Crippen molar-refractivity contribution in [2.45, 2.75) is 25.7 Å². The number of halogens is 2. The van der Waals surface area contributed by atoms with Crippen LogP contribution in [0.15, 0.2) is 48.5 Å². The van der Waals surface area contributed by atoms with E-state index in [1.807, 2.05) is 30.3 Å². The van der Waals surface area contributed by atoms with Gasteiger partial charge in [0.05, 0.1) is 27.4 Å². The number of carbonyl (C=O) groups is 1. The number of hydrogen-bond donors (Lipinski definition) is 1. The fourth-order valence-corrected chi connectivity index (χ4v) is 5.56. The summed E-state index contributed by atoms with van der Waals surface area (Å²) in [5.74, 6) is -0.615. The van der Waals surface area contributed by atoms with Gasteiger partial charge in [-0.05, 0) is 43.4 Å². The summed E-state index contributed by atoms with van der Waals surface area (Å²) >= 11 is 12.2. The molecule has 8 heteroatoms. The van der Waals surface area contributed by atoms with Gasteiger partial charge in [0, 0.05) is 13.1 Å². The van der Waals surface area contributed by atoms with E-state index in [2.05, 4.69) is 5.32 Å². The van der Waals surface area contributed by atoms with Gasteiger partial charge in [-0.25, -0.2) is 12.7 Å². The van der Waals surface area contributed by atoms with E-state index in [0.29, 0.717) is 48.0 Å². The molecule has 1 amide bonds. The number of hydrogen-bond acceptors (Lipinski definition) is 3. The molecular weight excluding hydrogens is 431 g/mol. The quantitative estimate of drug-likeness (QED) is 0.663. The number of anilines is 1. The van der Waals surface area contributed by atoms with Crippen LogP contribution in [-0.4, -0.2) is 37.5 Å². The van der Waals surface area contributed by atoms with E-state index in [-0.39, 0.29) is 18.2 Å². The summed E-state index contributed by atoms with van der Waals surface area (Å²) in [4.78, 5) is 12.7. The highest BCUT2D eigenvalue weighted by molar-refractivity contribution is 7.89. The molecule has 0 saturated carbocycles. The maximum absolute atomic E-state index is 12.8. The predicted molar refractivity (Wildman–Crippen MR) is 118 cm³/mol. The monoisotopic (exact) mass is 454 g/mol. The number of rotatable bonds is 7. The van der Waals surface area contributed by atoms with E-state index in [9.17, 15) is 13.2 Å². The third kappa shape index (κ3) is 5.95. The van der Waals surface area contributed by atoms with Crippen molar-refractivity contribution in [3.05, 3.63) is 64.1 Å². The zero-order valence-electron chi connectivity index (χ0n) is 16.0. The second-order valence-electron chi connectivity index (χ2n) is 7.19. The maximum Gasteiger partial charge on any atom is 0.228 e. The minimum atomic E-state index is -3.41. The van der Waals surface area contributed by atoms with Crippen LogP contribution in [0.5, 0.6) is 0 Å². The van der Waals surface area contributed by atoms with Crippen LogP contribution >= 0.6 is 23.2 Å². The summed E-state index contributed by atoms with van der Waals surface area (Å²) in [6.45, 7) is 0.631. The summed E-state index contributed by atoms with van der Waals surface area (Å²) in [6, 6.07) is 14.8. The topological polar surface area (TPSA) is 66.5 Å². The molecule has 0 aliphatic carbocycles. The number of sulfonamides is 1. The Hall–Kier alpha value is -1.60. The van der Waals surface area contributed by atoms with Crippen molar-refractivity contribution in [3.63, 3.8) is 0 Å². The summed E-state index contributed by atoms with van der Waals surface area (Å²) in [7, 11) is -3.41. The maximum atomic E-state index is 12.8. The normalized spacial score (nSPS) is 17.8. The average Bonchev–Trinajstić information content (AvgIpc) is 2.71. The molecule has 0 aromatic heterocycles. The highest BCUT2D eigenvalue weighted by Crippen LogP contribution is 2.31. The van der Waals surface area contributed by atoms with Crippen molar-refractivity contribution in [2.75, 3.05) is 24.2 Å². The zero-order chi connectivity index (χ0) is 20.9. The van der Waals surface area contributed by atoms with Gasteiger partial charge in [0.2, 0.25) is 15.9 Å². The first-order valence-electron chi connectivity index (χ1n) is 9.63. The Morgan fingerprint density at radius 1 is 1.07 bits per heavy atom. The number of amides is 1. The number of carbonyl (C=O) groups excluding carboxylic acids is 1. The minimum absolute atomic E-state index is 0.0760. The lowest BCUT2D eigenvalue weighted by Crippen LogP contribution is -2.44. The van der Waals surface area contributed by atoms with Crippen LogP contribution in [0.2, 0.25) is 10.0 Å². The van der Waals surface area contributed by atoms with Crippen molar-refractivity contribution < 1.29 is 13.2 Å². The highest BCUT2D eigenvalue weighted by atomic mass is 35.5. The van der Waals surface area contributed by atoms with Crippen LogP contribution in [0.4, 0.5) is 5.69 Å². The summed E-state index contributed by atoms with van der Waals surface area (Å²) in [5.41, 5.74) is 1.49. The molecule has 0 bridgehead atoms. The fraction of sp³-hybridized carbons (Fsp3) is 0.381. The molecule has 1 fully saturated rings. The van der Waals surface area contributed by atoms with Gasteiger partial charge < -0.3 is 5.32 Å². The lowest BCUT2D eigenvalue weighted by molar-refractivity contribution is -0.120. The first-order valence-corrected chi connectivity index (χ1v) is 12.0. The Balaban J connectivity index is 1.58. The van der Waals surface area contributed by atoms with Crippen molar-refractivity contribution in [2.24, 2.45) is 5.92 Å². The average molecular weight is 455 g/mol. The van der Waals surface area contributed by atoms with Gasteiger partial charge >= 0.3 is 0 Å². The molecular formula is C21H24Cl2N2O3S. The fourth-order valence-electron chi connectivity index (χ4n) is 3.48. The molecule has 0 radical (unpaired) electrons. The number of para-hydroxylation sites is 1.